The van der Waals surface area contributed by atoms with Gasteiger partial charge in [0.2, 0.25) is 0 Å². The highest BCUT2D eigenvalue weighted by atomic mass is 16.5. The Morgan fingerprint density at radius 3 is 2.07 bits per heavy atom. The third-order valence-corrected chi connectivity index (χ3v) is 4.85. The van der Waals surface area contributed by atoms with E-state index in [0.29, 0.717) is 23.2 Å². The molecule has 0 aliphatic carbocycles. The van der Waals surface area contributed by atoms with Gasteiger partial charge in [0.25, 0.3) is 0 Å². The molecule has 5 heteroatoms. The molecule has 0 spiro atoms. The summed E-state index contributed by atoms with van der Waals surface area (Å²) in [5.41, 5.74) is 11.8. The summed E-state index contributed by atoms with van der Waals surface area (Å²) in [6, 6.07) is 17.8. The molecule has 3 rings (SSSR count). The summed E-state index contributed by atoms with van der Waals surface area (Å²) < 4.78 is 7.03. The van der Waals surface area contributed by atoms with E-state index in [-0.39, 0.29) is 6.61 Å². The van der Waals surface area contributed by atoms with Gasteiger partial charge in [-0.1, -0.05) is 43.3 Å². The lowest BCUT2D eigenvalue weighted by Crippen LogP contribution is -2.12. The Morgan fingerprint density at radius 1 is 1.04 bits per heavy atom. The number of nitrogens with two attached hydrogens (primary N) is 1. The molecule has 2 N–H and O–H groups in total. The first-order valence-electron chi connectivity index (χ1n) is 9.26. The quantitative estimate of drug-likeness (QED) is 0.525. The molecule has 5 nitrogen and oxygen atoms in total. The van der Waals surface area contributed by atoms with Gasteiger partial charge >= 0.3 is 5.97 Å². The van der Waals surface area contributed by atoms with Crippen LogP contribution in [0.4, 0.5) is 5.69 Å². The molecule has 2 aromatic carbocycles. The van der Waals surface area contributed by atoms with E-state index in [1.54, 1.807) is 18.5 Å². The van der Waals surface area contributed by atoms with Gasteiger partial charge in [-0.2, -0.15) is 5.26 Å². The minimum absolute atomic E-state index is 0.281. The van der Waals surface area contributed by atoms with Crippen LogP contribution in [-0.4, -0.2) is 17.1 Å². The molecule has 0 unspecified atom stereocenters. The molecule has 1 heterocycles. The zero-order chi connectivity index (χ0) is 20.3. The highest BCUT2D eigenvalue weighted by molar-refractivity contribution is 5.98. The standard InChI is InChI=1S/C23H23N3O2/c1-4-20-19(14-24)21(22(26(20)3)23(27)28-5-2)17-8-6-15(7-9-17)16-10-12-18(25)13-11-16/h6-13H,4-5,25H2,1-3H3. The molecular formula is C23H23N3O2. The van der Waals surface area contributed by atoms with Gasteiger partial charge in [-0.25, -0.2) is 4.79 Å². The van der Waals surface area contributed by atoms with Crippen LogP contribution < -0.4 is 5.73 Å². The third-order valence-electron chi connectivity index (χ3n) is 4.85. The maximum absolute atomic E-state index is 12.6. The number of nitrogen functional groups attached to an aromatic ring is 1. The molecule has 0 radical (unpaired) electrons. The van der Waals surface area contributed by atoms with Crippen molar-refractivity contribution in [1.82, 2.24) is 4.57 Å². The summed E-state index contributed by atoms with van der Waals surface area (Å²) >= 11 is 0. The van der Waals surface area contributed by atoms with Gasteiger partial charge in [-0.05, 0) is 42.2 Å². The first-order valence-corrected chi connectivity index (χ1v) is 9.26. The first kappa shape index (κ1) is 19.2. The Hall–Kier alpha value is -3.52. The predicted octanol–water partition coefficient (Wildman–Crippen LogP) is 4.55. The average Bonchev–Trinajstić information content (AvgIpc) is 3.00. The van der Waals surface area contributed by atoms with E-state index in [9.17, 15) is 10.1 Å². The number of carbonyl (C=O) groups is 1. The molecule has 0 aliphatic heterocycles. The van der Waals surface area contributed by atoms with Gasteiger partial charge in [0.1, 0.15) is 11.8 Å². The SMILES string of the molecule is CCOC(=O)c1c(-c2ccc(-c3ccc(N)cc3)cc2)c(C#N)c(CC)n1C. The number of anilines is 1. The topological polar surface area (TPSA) is 81.0 Å². The summed E-state index contributed by atoms with van der Waals surface area (Å²) in [6.45, 7) is 4.02. The Morgan fingerprint density at radius 2 is 1.57 bits per heavy atom. The van der Waals surface area contributed by atoms with Crippen molar-refractivity contribution in [3.63, 3.8) is 0 Å². The molecule has 0 aliphatic rings. The van der Waals surface area contributed by atoms with E-state index in [2.05, 4.69) is 6.07 Å². The molecule has 0 atom stereocenters. The van der Waals surface area contributed by atoms with Crippen LogP contribution in [0.2, 0.25) is 0 Å². The van der Waals surface area contributed by atoms with Crippen molar-refractivity contribution < 1.29 is 9.53 Å². The zero-order valence-electron chi connectivity index (χ0n) is 16.3. The number of rotatable bonds is 5. The molecular weight excluding hydrogens is 350 g/mol. The number of aromatic nitrogens is 1. The van der Waals surface area contributed by atoms with Crippen LogP contribution in [0.1, 0.15) is 35.6 Å². The van der Waals surface area contributed by atoms with Crippen LogP contribution >= 0.6 is 0 Å². The van der Waals surface area contributed by atoms with E-state index >= 15 is 0 Å². The van der Waals surface area contributed by atoms with Crippen LogP contribution in [0.25, 0.3) is 22.3 Å². The van der Waals surface area contributed by atoms with E-state index in [1.165, 1.54) is 0 Å². The van der Waals surface area contributed by atoms with E-state index in [4.69, 9.17) is 10.5 Å². The minimum atomic E-state index is -0.418. The number of benzene rings is 2. The Balaban J connectivity index is 2.13. The van der Waals surface area contributed by atoms with Crippen molar-refractivity contribution in [2.75, 3.05) is 12.3 Å². The van der Waals surface area contributed by atoms with Crippen molar-refractivity contribution in [2.24, 2.45) is 7.05 Å². The van der Waals surface area contributed by atoms with Gasteiger partial charge in [-0.15, -0.1) is 0 Å². The summed E-state index contributed by atoms with van der Waals surface area (Å²) in [5, 5.41) is 9.77. The highest BCUT2D eigenvalue weighted by Crippen LogP contribution is 2.34. The van der Waals surface area contributed by atoms with Crippen LogP contribution in [0, 0.1) is 11.3 Å². The maximum atomic E-state index is 12.6. The normalized spacial score (nSPS) is 10.5. The monoisotopic (exact) mass is 373 g/mol. The minimum Gasteiger partial charge on any atom is -0.461 e. The van der Waals surface area contributed by atoms with Crippen LogP contribution in [0.15, 0.2) is 48.5 Å². The van der Waals surface area contributed by atoms with E-state index in [0.717, 1.165) is 28.1 Å². The predicted molar refractivity (Wildman–Crippen MR) is 111 cm³/mol. The lowest BCUT2D eigenvalue weighted by molar-refractivity contribution is 0.0516. The molecule has 0 saturated heterocycles. The smallest absolute Gasteiger partial charge is 0.355 e. The molecule has 3 aromatic rings. The Labute approximate surface area is 165 Å². The lowest BCUT2D eigenvalue weighted by atomic mass is 9.97. The van der Waals surface area contributed by atoms with Gasteiger partial charge < -0.3 is 15.0 Å². The molecule has 0 fully saturated rings. The molecule has 142 valence electrons. The van der Waals surface area contributed by atoms with Crippen LogP contribution in [0.3, 0.4) is 0 Å². The largest absolute Gasteiger partial charge is 0.461 e. The molecule has 0 saturated carbocycles. The van der Waals surface area contributed by atoms with Gasteiger partial charge in [-0.3, -0.25) is 0 Å². The van der Waals surface area contributed by atoms with E-state index < -0.39 is 5.97 Å². The number of ether oxygens (including phenoxy) is 1. The highest BCUT2D eigenvalue weighted by Gasteiger charge is 2.26. The fourth-order valence-corrected chi connectivity index (χ4v) is 3.49. The summed E-state index contributed by atoms with van der Waals surface area (Å²) in [5.74, 6) is -0.418. The van der Waals surface area contributed by atoms with Gasteiger partial charge in [0, 0.05) is 24.0 Å². The second kappa shape index (κ2) is 8.01. The third kappa shape index (κ3) is 3.37. The molecule has 1 aromatic heterocycles. The summed E-state index contributed by atoms with van der Waals surface area (Å²) in [6.07, 6.45) is 0.648. The molecule has 28 heavy (non-hydrogen) atoms. The number of hydrogen-bond donors (Lipinski definition) is 1. The first-order chi connectivity index (χ1) is 13.5. The summed E-state index contributed by atoms with van der Waals surface area (Å²) in [7, 11) is 1.80. The second-order valence-corrected chi connectivity index (χ2v) is 6.49. The number of hydrogen-bond acceptors (Lipinski definition) is 4. The van der Waals surface area contributed by atoms with Gasteiger partial charge in [0.15, 0.2) is 0 Å². The van der Waals surface area contributed by atoms with Crippen molar-refractivity contribution in [3.8, 4) is 28.3 Å². The van der Waals surface area contributed by atoms with Crippen LogP contribution in [-0.2, 0) is 18.2 Å². The van der Waals surface area contributed by atoms with Crippen molar-refractivity contribution >= 4 is 11.7 Å². The Kier molecular flexibility index (Phi) is 5.51. The van der Waals surface area contributed by atoms with Crippen LogP contribution in [0.5, 0.6) is 0 Å². The van der Waals surface area contributed by atoms with Crippen molar-refractivity contribution in [3.05, 3.63) is 65.5 Å². The number of carbonyl (C=O) groups excluding carboxylic acids is 1. The molecule has 0 amide bonds. The zero-order valence-corrected chi connectivity index (χ0v) is 16.3. The fourth-order valence-electron chi connectivity index (χ4n) is 3.49. The maximum Gasteiger partial charge on any atom is 0.355 e. The number of esters is 1. The van der Waals surface area contributed by atoms with Crippen molar-refractivity contribution in [1.29, 1.82) is 5.26 Å². The van der Waals surface area contributed by atoms with Gasteiger partial charge in [0.05, 0.1) is 12.2 Å². The van der Waals surface area contributed by atoms with E-state index in [1.807, 2.05) is 55.5 Å². The number of nitriles is 1. The summed E-state index contributed by atoms with van der Waals surface area (Å²) in [4.78, 5) is 12.6. The number of nitrogens with zero attached hydrogens (tertiary/aromatic N) is 2. The van der Waals surface area contributed by atoms with Crippen molar-refractivity contribution in [2.45, 2.75) is 20.3 Å². The fraction of sp³-hybridized carbons (Fsp3) is 0.217. The Bertz CT molecular complexity index is 1040. The average molecular weight is 373 g/mol. The second-order valence-electron chi connectivity index (χ2n) is 6.49. The molecule has 0 bridgehead atoms. The lowest BCUT2D eigenvalue weighted by Gasteiger charge is -2.09.